The number of nitrogens with one attached hydrogen (secondary N) is 1. The van der Waals surface area contributed by atoms with Gasteiger partial charge >= 0.3 is 0 Å². The number of aromatic amines is 1. The zero-order valence-corrected chi connectivity index (χ0v) is 25.4. The van der Waals surface area contributed by atoms with E-state index in [1.165, 1.54) is 0 Å². The van der Waals surface area contributed by atoms with Crippen molar-refractivity contribution < 1.29 is 4.74 Å². The molecule has 226 valence electrons. The third-order valence-electron chi connectivity index (χ3n) is 8.91. The van der Waals surface area contributed by atoms with Gasteiger partial charge in [0.2, 0.25) is 0 Å². The number of aromatic nitrogens is 5. The van der Waals surface area contributed by atoms with Crippen LogP contribution in [0, 0.1) is 0 Å². The molecule has 2 aromatic heterocycles. The van der Waals surface area contributed by atoms with Crippen molar-refractivity contribution in [2.24, 2.45) is 0 Å². The molecule has 1 atom stereocenters. The summed E-state index contributed by atoms with van der Waals surface area (Å²) in [5, 5.41) is 14.3. The molecule has 0 spiro atoms. The van der Waals surface area contributed by atoms with Crippen LogP contribution in [-0.4, -0.2) is 37.8 Å². The van der Waals surface area contributed by atoms with Crippen molar-refractivity contribution in [3.05, 3.63) is 163 Å². The van der Waals surface area contributed by atoms with Crippen molar-refractivity contribution in [3.8, 4) is 11.4 Å². The van der Waals surface area contributed by atoms with Crippen molar-refractivity contribution >= 4 is 22.4 Å². The molecule has 1 aliphatic rings. The van der Waals surface area contributed by atoms with E-state index in [4.69, 9.17) is 19.9 Å². The smallest absolute Gasteiger partial charge is 0.181 e. The minimum Gasteiger partial charge on any atom is -0.358 e. The number of rotatable bonds is 8. The lowest BCUT2D eigenvalue weighted by atomic mass is 9.77. The number of hydrogen-bond acceptors (Lipinski definition) is 5. The van der Waals surface area contributed by atoms with E-state index in [1.54, 1.807) is 0 Å². The first kappa shape index (κ1) is 28.0. The number of anilines is 2. The quantitative estimate of drug-likeness (QED) is 0.177. The van der Waals surface area contributed by atoms with Crippen LogP contribution in [-0.2, 0) is 10.3 Å². The largest absolute Gasteiger partial charge is 0.358 e. The van der Waals surface area contributed by atoms with Crippen LogP contribution < -0.4 is 4.90 Å². The van der Waals surface area contributed by atoms with Crippen molar-refractivity contribution in [1.82, 2.24) is 25.0 Å². The lowest BCUT2D eigenvalue weighted by Gasteiger charge is -2.35. The maximum atomic E-state index is 6.35. The van der Waals surface area contributed by atoms with Crippen molar-refractivity contribution in [3.63, 3.8) is 0 Å². The van der Waals surface area contributed by atoms with E-state index in [9.17, 15) is 0 Å². The predicted octanol–water partition coefficient (Wildman–Crippen LogP) is 8.33. The first-order valence-corrected chi connectivity index (χ1v) is 15.9. The highest BCUT2D eigenvalue weighted by Crippen LogP contribution is 2.41. The number of nitrogens with zero attached hydrogens (tertiary/aromatic N) is 5. The molecule has 7 heteroatoms. The zero-order valence-electron chi connectivity index (χ0n) is 25.4. The number of hydrogen-bond donors (Lipinski definition) is 1. The molecule has 1 N–H and O–H groups in total. The Kier molecular flexibility index (Phi) is 7.36. The van der Waals surface area contributed by atoms with E-state index in [1.807, 2.05) is 41.3 Å². The highest BCUT2D eigenvalue weighted by atomic mass is 16.5. The summed E-state index contributed by atoms with van der Waals surface area (Å²) in [4.78, 5) is 7.16. The Hall–Kier alpha value is -5.53. The van der Waals surface area contributed by atoms with E-state index in [2.05, 4.69) is 119 Å². The fourth-order valence-electron chi connectivity index (χ4n) is 6.77. The molecular formula is C39H34N6O. The molecule has 0 bridgehead atoms. The van der Waals surface area contributed by atoms with Crippen LogP contribution in [0.1, 0.15) is 36.0 Å². The molecule has 0 radical (unpaired) electrons. The normalized spacial score (nSPS) is 15.2. The second-order valence-corrected chi connectivity index (χ2v) is 11.7. The molecule has 5 aromatic carbocycles. The summed E-state index contributed by atoms with van der Waals surface area (Å²) < 4.78 is 8.36. The summed E-state index contributed by atoms with van der Waals surface area (Å²) in [6.07, 6.45) is 4.84. The Bertz CT molecular complexity index is 1950. The molecule has 46 heavy (non-hydrogen) atoms. The summed E-state index contributed by atoms with van der Waals surface area (Å²) in [6, 6.07) is 48.2. The Morgan fingerprint density at radius 1 is 0.717 bits per heavy atom. The van der Waals surface area contributed by atoms with Crippen LogP contribution in [0.2, 0.25) is 0 Å². The fraction of sp³-hybridized carbons (Fsp3) is 0.154. The molecule has 0 aliphatic carbocycles. The molecular weight excluding hydrogens is 568 g/mol. The summed E-state index contributed by atoms with van der Waals surface area (Å²) in [5.41, 5.74) is 5.46. The predicted molar refractivity (Wildman–Crippen MR) is 182 cm³/mol. The maximum absolute atomic E-state index is 6.35. The van der Waals surface area contributed by atoms with E-state index in [0.29, 0.717) is 5.82 Å². The third-order valence-corrected chi connectivity index (χ3v) is 8.91. The molecule has 1 aliphatic heterocycles. The second kappa shape index (κ2) is 12.1. The molecule has 1 saturated heterocycles. The maximum Gasteiger partial charge on any atom is 0.181 e. The van der Waals surface area contributed by atoms with Gasteiger partial charge in [0.05, 0.1) is 5.52 Å². The fourth-order valence-corrected chi connectivity index (χ4v) is 6.77. The van der Waals surface area contributed by atoms with E-state index < -0.39 is 5.54 Å². The average molecular weight is 603 g/mol. The SMILES string of the molecule is c1ccc(C(c2ccccc2)(c2ccccc2)n2cnc(-c3cccc(N(c4n[nH]c5ccccc45)C4CCCCO4)c3)n2)cc1. The van der Waals surface area contributed by atoms with Crippen LogP contribution in [0.4, 0.5) is 11.5 Å². The van der Waals surface area contributed by atoms with Crippen LogP contribution in [0.25, 0.3) is 22.3 Å². The minimum atomic E-state index is -0.734. The van der Waals surface area contributed by atoms with Gasteiger partial charge in [0.15, 0.2) is 11.6 Å². The van der Waals surface area contributed by atoms with Gasteiger partial charge in [0.1, 0.15) is 18.1 Å². The molecule has 7 nitrogen and oxygen atoms in total. The molecule has 0 saturated carbocycles. The zero-order chi connectivity index (χ0) is 30.8. The molecule has 1 fully saturated rings. The Balaban J connectivity index is 1.27. The van der Waals surface area contributed by atoms with Crippen LogP contribution in [0.15, 0.2) is 146 Å². The molecule has 3 heterocycles. The Morgan fingerprint density at radius 3 is 2.02 bits per heavy atom. The highest BCUT2D eigenvalue weighted by Gasteiger charge is 2.39. The first-order valence-electron chi connectivity index (χ1n) is 15.9. The average Bonchev–Trinajstić information content (AvgIpc) is 3.80. The molecule has 0 amide bonds. The van der Waals surface area contributed by atoms with E-state index in [-0.39, 0.29) is 6.23 Å². The van der Waals surface area contributed by atoms with Crippen LogP contribution in [0.3, 0.4) is 0 Å². The summed E-state index contributed by atoms with van der Waals surface area (Å²) in [6.45, 7) is 0.732. The lowest BCUT2D eigenvalue weighted by molar-refractivity contribution is 0.0205. The molecule has 7 aromatic rings. The Labute approximate surface area is 268 Å². The van der Waals surface area contributed by atoms with E-state index >= 15 is 0 Å². The first-order chi connectivity index (χ1) is 22.8. The number of fused-ring (bicyclic) bond motifs is 1. The third kappa shape index (κ3) is 4.86. The topological polar surface area (TPSA) is 71.9 Å². The van der Waals surface area contributed by atoms with Gasteiger partial charge in [0, 0.05) is 23.2 Å². The van der Waals surface area contributed by atoms with E-state index in [0.717, 1.165) is 70.5 Å². The number of benzene rings is 5. The van der Waals surface area contributed by atoms with Gasteiger partial charge in [-0.15, -0.1) is 5.10 Å². The monoisotopic (exact) mass is 602 g/mol. The van der Waals surface area contributed by atoms with Gasteiger partial charge in [-0.05, 0) is 60.2 Å². The standard InChI is InChI=1S/C39H34N6O/c1-4-16-30(17-5-1)39(31-18-6-2-7-19-31,32-20-8-3-9-21-32)44-28-40-37(43-44)29-15-14-22-33(27-29)45(36-25-12-13-26-46-36)38-34-23-10-11-24-35(34)41-42-38/h1-11,14-24,27-28,36H,12-13,25-26H2,(H,41,42). The van der Waals surface area contributed by atoms with Gasteiger partial charge in [-0.2, -0.15) is 5.10 Å². The van der Waals surface area contributed by atoms with Crippen molar-refractivity contribution in [1.29, 1.82) is 0 Å². The number of para-hydroxylation sites is 1. The van der Waals surface area contributed by atoms with Gasteiger partial charge in [-0.1, -0.05) is 115 Å². The van der Waals surface area contributed by atoms with Crippen LogP contribution >= 0.6 is 0 Å². The van der Waals surface area contributed by atoms with Crippen LogP contribution in [0.5, 0.6) is 0 Å². The Morgan fingerprint density at radius 2 is 1.37 bits per heavy atom. The molecule has 8 rings (SSSR count). The van der Waals surface area contributed by atoms with Gasteiger partial charge < -0.3 is 4.74 Å². The highest BCUT2D eigenvalue weighted by molar-refractivity contribution is 5.92. The van der Waals surface area contributed by atoms with Gasteiger partial charge in [-0.25, -0.2) is 9.67 Å². The number of H-pyrrole nitrogens is 1. The summed E-state index contributed by atoms with van der Waals surface area (Å²) in [7, 11) is 0. The second-order valence-electron chi connectivity index (χ2n) is 11.7. The van der Waals surface area contributed by atoms with Gasteiger partial charge in [-0.3, -0.25) is 10.00 Å². The van der Waals surface area contributed by atoms with Crippen molar-refractivity contribution in [2.45, 2.75) is 31.0 Å². The lowest BCUT2D eigenvalue weighted by Crippen LogP contribution is -2.38. The number of ether oxygens (including phenoxy) is 1. The molecule has 1 unspecified atom stereocenters. The van der Waals surface area contributed by atoms with Gasteiger partial charge in [0.25, 0.3) is 0 Å². The summed E-state index contributed by atoms with van der Waals surface area (Å²) >= 11 is 0. The minimum absolute atomic E-state index is 0.122. The van der Waals surface area contributed by atoms with Crippen molar-refractivity contribution in [2.75, 3.05) is 11.5 Å². The summed E-state index contributed by atoms with van der Waals surface area (Å²) in [5.74, 6) is 1.50.